The second kappa shape index (κ2) is 7.74. The monoisotopic (exact) mass is 345 g/mol. The second-order valence-corrected chi connectivity index (χ2v) is 6.47. The predicted molar refractivity (Wildman–Crippen MR) is 90.8 cm³/mol. The molecule has 25 heavy (non-hydrogen) atoms. The minimum atomic E-state index is -0.848. The van der Waals surface area contributed by atoms with Crippen LogP contribution in [0.25, 0.3) is 0 Å². The number of aliphatic hydroxyl groups excluding tert-OH is 1. The molecular weight excluding hydrogens is 324 g/mol. The molecule has 0 unspecified atom stereocenters. The van der Waals surface area contributed by atoms with E-state index in [0.717, 1.165) is 18.4 Å². The normalized spacial score (nSPS) is 15.0. The van der Waals surface area contributed by atoms with E-state index in [1.165, 1.54) is 36.4 Å². The van der Waals surface area contributed by atoms with Crippen molar-refractivity contribution >= 4 is 5.91 Å². The van der Waals surface area contributed by atoms with Crippen LogP contribution < -0.4 is 0 Å². The molecule has 1 atom stereocenters. The molecule has 2 aromatic carbocycles. The molecule has 3 rings (SSSR count). The average molecular weight is 345 g/mol. The van der Waals surface area contributed by atoms with Gasteiger partial charge in [0, 0.05) is 12.5 Å². The summed E-state index contributed by atoms with van der Waals surface area (Å²) in [6.07, 6.45) is 1.76. The fourth-order valence-corrected chi connectivity index (χ4v) is 2.90. The van der Waals surface area contributed by atoms with Crippen LogP contribution in [0.1, 0.15) is 36.5 Å². The minimum absolute atomic E-state index is 0.0482. The van der Waals surface area contributed by atoms with Gasteiger partial charge in [-0.2, -0.15) is 0 Å². The molecule has 3 nitrogen and oxygen atoms in total. The first-order valence-electron chi connectivity index (χ1n) is 8.50. The summed E-state index contributed by atoms with van der Waals surface area (Å²) in [6.45, 7) is 0.193. The maximum atomic E-state index is 13.2. The zero-order chi connectivity index (χ0) is 17.8. The Balaban J connectivity index is 1.60. The molecule has 1 fully saturated rings. The van der Waals surface area contributed by atoms with Crippen LogP contribution in [0.3, 0.4) is 0 Å². The Morgan fingerprint density at radius 2 is 1.84 bits per heavy atom. The van der Waals surface area contributed by atoms with Gasteiger partial charge in [0.15, 0.2) is 0 Å². The summed E-state index contributed by atoms with van der Waals surface area (Å²) in [5, 5.41) is 10.4. The molecule has 1 amide bonds. The SMILES string of the molecule is O=C(CCc1cccc(F)c1)N(C[C@@H](O)c1ccc(F)cc1)C1CC1. The fourth-order valence-electron chi connectivity index (χ4n) is 2.90. The smallest absolute Gasteiger partial charge is 0.223 e. The first-order valence-corrected chi connectivity index (χ1v) is 8.50. The van der Waals surface area contributed by atoms with Gasteiger partial charge in [-0.05, 0) is 54.7 Å². The van der Waals surface area contributed by atoms with Crippen molar-refractivity contribution in [2.75, 3.05) is 6.54 Å². The van der Waals surface area contributed by atoms with Crippen LogP contribution in [0, 0.1) is 11.6 Å². The molecule has 0 spiro atoms. The summed E-state index contributed by atoms with van der Waals surface area (Å²) in [6, 6.07) is 12.1. The van der Waals surface area contributed by atoms with E-state index in [1.807, 2.05) is 0 Å². The molecule has 1 aliphatic carbocycles. The first kappa shape index (κ1) is 17.5. The highest BCUT2D eigenvalue weighted by Crippen LogP contribution is 2.29. The van der Waals surface area contributed by atoms with Gasteiger partial charge in [-0.3, -0.25) is 4.79 Å². The minimum Gasteiger partial charge on any atom is -0.387 e. The molecule has 0 aromatic heterocycles. The van der Waals surface area contributed by atoms with Crippen LogP contribution in [0.2, 0.25) is 0 Å². The summed E-state index contributed by atoms with van der Waals surface area (Å²) in [5.41, 5.74) is 1.37. The first-order chi connectivity index (χ1) is 12.0. The van der Waals surface area contributed by atoms with Gasteiger partial charge >= 0.3 is 0 Å². The van der Waals surface area contributed by atoms with Crippen LogP contribution >= 0.6 is 0 Å². The van der Waals surface area contributed by atoms with Crippen molar-refractivity contribution in [3.8, 4) is 0 Å². The van der Waals surface area contributed by atoms with E-state index in [0.29, 0.717) is 12.0 Å². The van der Waals surface area contributed by atoms with Gasteiger partial charge in [-0.15, -0.1) is 0 Å². The quantitative estimate of drug-likeness (QED) is 0.833. The Morgan fingerprint density at radius 1 is 1.12 bits per heavy atom. The van der Waals surface area contributed by atoms with Crippen molar-refractivity contribution in [2.24, 2.45) is 0 Å². The van der Waals surface area contributed by atoms with Crippen molar-refractivity contribution in [1.82, 2.24) is 4.90 Å². The van der Waals surface area contributed by atoms with Crippen molar-refractivity contribution < 1.29 is 18.7 Å². The van der Waals surface area contributed by atoms with Crippen molar-refractivity contribution in [1.29, 1.82) is 0 Å². The molecule has 132 valence electrons. The number of benzene rings is 2. The van der Waals surface area contributed by atoms with Gasteiger partial charge < -0.3 is 10.0 Å². The molecule has 0 bridgehead atoms. The third-order valence-corrected chi connectivity index (χ3v) is 4.45. The molecule has 5 heteroatoms. The van der Waals surface area contributed by atoms with E-state index in [-0.39, 0.29) is 36.5 Å². The number of halogens is 2. The van der Waals surface area contributed by atoms with Crippen molar-refractivity contribution in [3.63, 3.8) is 0 Å². The zero-order valence-electron chi connectivity index (χ0n) is 13.9. The Kier molecular flexibility index (Phi) is 5.43. The molecule has 1 N–H and O–H groups in total. The van der Waals surface area contributed by atoms with Crippen LogP contribution in [0.4, 0.5) is 8.78 Å². The Bertz CT molecular complexity index is 729. The number of carbonyl (C=O) groups excluding carboxylic acids is 1. The molecular formula is C20H21F2NO2. The molecule has 1 saturated carbocycles. The molecule has 0 heterocycles. The van der Waals surface area contributed by atoms with Crippen molar-refractivity contribution in [2.45, 2.75) is 37.8 Å². The Hall–Kier alpha value is -2.27. The van der Waals surface area contributed by atoms with Crippen LogP contribution in [0.15, 0.2) is 48.5 Å². The van der Waals surface area contributed by atoms with Gasteiger partial charge in [0.05, 0.1) is 12.6 Å². The van der Waals surface area contributed by atoms with E-state index in [2.05, 4.69) is 0 Å². The van der Waals surface area contributed by atoms with E-state index >= 15 is 0 Å². The molecule has 0 aliphatic heterocycles. The van der Waals surface area contributed by atoms with Crippen molar-refractivity contribution in [3.05, 3.63) is 71.3 Å². The largest absolute Gasteiger partial charge is 0.387 e. The predicted octanol–water partition coefficient (Wildman–Crippen LogP) is 3.62. The summed E-state index contributed by atoms with van der Waals surface area (Å²) in [4.78, 5) is 14.3. The highest BCUT2D eigenvalue weighted by molar-refractivity contribution is 5.77. The summed E-state index contributed by atoms with van der Waals surface area (Å²) >= 11 is 0. The highest BCUT2D eigenvalue weighted by atomic mass is 19.1. The fraction of sp³-hybridized carbons (Fsp3) is 0.350. The number of aryl methyl sites for hydroxylation is 1. The lowest BCUT2D eigenvalue weighted by Crippen LogP contribution is -2.36. The standard InChI is InChI=1S/C20H21F2NO2/c21-16-7-5-15(6-8-16)19(24)13-23(18-9-10-18)20(25)11-4-14-2-1-3-17(22)12-14/h1-3,5-8,12,18-19,24H,4,9-11,13H2/t19-/m1/s1. The topological polar surface area (TPSA) is 40.5 Å². The van der Waals surface area contributed by atoms with Gasteiger partial charge in [0.1, 0.15) is 11.6 Å². The Labute approximate surface area is 145 Å². The number of amides is 1. The maximum absolute atomic E-state index is 13.2. The highest BCUT2D eigenvalue weighted by Gasteiger charge is 2.33. The lowest BCUT2D eigenvalue weighted by molar-refractivity contribution is -0.133. The van der Waals surface area contributed by atoms with Gasteiger partial charge in [0.2, 0.25) is 5.91 Å². The molecule has 0 saturated heterocycles. The maximum Gasteiger partial charge on any atom is 0.223 e. The van der Waals surface area contributed by atoms with Gasteiger partial charge in [-0.1, -0.05) is 24.3 Å². The van der Waals surface area contributed by atoms with Gasteiger partial charge in [-0.25, -0.2) is 8.78 Å². The third kappa shape index (κ3) is 4.86. The summed E-state index contributed by atoms with van der Waals surface area (Å²) < 4.78 is 26.2. The second-order valence-electron chi connectivity index (χ2n) is 6.47. The lowest BCUT2D eigenvalue weighted by Gasteiger charge is -2.25. The molecule has 2 aromatic rings. The van der Waals surface area contributed by atoms with E-state index in [4.69, 9.17) is 0 Å². The average Bonchev–Trinajstić information content (AvgIpc) is 3.43. The lowest BCUT2D eigenvalue weighted by atomic mass is 10.1. The van der Waals surface area contributed by atoms with Crippen LogP contribution in [0.5, 0.6) is 0 Å². The molecule has 1 aliphatic rings. The van der Waals surface area contributed by atoms with E-state index in [9.17, 15) is 18.7 Å². The van der Waals surface area contributed by atoms with Crippen LogP contribution in [-0.4, -0.2) is 28.5 Å². The third-order valence-electron chi connectivity index (χ3n) is 4.45. The molecule has 0 radical (unpaired) electrons. The van der Waals surface area contributed by atoms with Gasteiger partial charge in [0.25, 0.3) is 0 Å². The number of aliphatic hydroxyl groups is 1. The summed E-state index contributed by atoms with van der Waals surface area (Å²) in [5.74, 6) is -0.718. The summed E-state index contributed by atoms with van der Waals surface area (Å²) in [7, 11) is 0. The number of hydrogen-bond donors (Lipinski definition) is 1. The number of rotatable bonds is 7. The Morgan fingerprint density at radius 3 is 2.48 bits per heavy atom. The number of hydrogen-bond acceptors (Lipinski definition) is 2. The zero-order valence-corrected chi connectivity index (χ0v) is 13.9. The van der Waals surface area contributed by atoms with Crippen LogP contribution in [-0.2, 0) is 11.2 Å². The number of nitrogens with zero attached hydrogens (tertiary/aromatic N) is 1. The number of carbonyl (C=O) groups is 1. The van der Waals surface area contributed by atoms with E-state index < -0.39 is 6.10 Å². The van der Waals surface area contributed by atoms with E-state index in [1.54, 1.807) is 17.0 Å².